The number of amides is 2. The second-order valence-electron chi connectivity index (χ2n) is 10.4. The topological polar surface area (TPSA) is 49.4 Å². The van der Waals surface area contributed by atoms with Crippen LogP contribution in [0.1, 0.15) is 67.7 Å². The Kier molecular flexibility index (Phi) is 10.1. The van der Waals surface area contributed by atoms with Crippen molar-refractivity contribution in [2.24, 2.45) is 0 Å². The van der Waals surface area contributed by atoms with Crippen molar-refractivity contribution in [2.75, 3.05) is 0 Å². The first-order chi connectivity index (χ1) is 18.5. The minimum Gasteiger partial charge on any atom is -0.352 e. The number of rotatable bonds is 11. The van der Waals surface area contributed by atoms with E-state index in [1.54, 1.807) is 17.0 Å². The SMILES string of the molecule is CCc1ccc(CCC(=O)N(Cc2ccc(F)cc2)C(Cc2ccccc2)C(=O)NC2CCCCC2)cc1. The van der Waals surface area contributed by atoms with Crippen LogP contribution in [0.5, 0.6) is 0 Å². The molecule has 4 rings (SSSR count). The van der Waals surface area contributed by atoms with Gasteiger partial charge in [-0.1, -0.05) is 92.9 Å². The predicted octanol–water partition coefficient (Wildman–Crippen LogP) is 6.41. The van der Waals surface area contributed by atoms with E-state index in [1.807, 2.05) is 30.3 Å². The number of halogens is 1. The monoisotopic (exact) mass is 514 g/mol. The molecule has 200 valence electrons. The predicted molar refractivity (Wildman–Crippen MR) is 150 cm³/mol. The van der Waals surface area contributed by atoms with Gasteiger partial charge in [-0.2, -0.15) is 0 Å². The number of hydrogen-bond acceptors (Lipinski definition) is 2. The molecule has 0 spiro atoms. The third kappa shape index (κ3) is 8.01. The van der Waals surface area contributed by atoms with Crippen LogP contribution in [0.2, 0.25) is 0 Å². The molecule has 3 aromatic carbocycles. The van der Waals surface area contributed by atoms with Crippen LogP contribution in [0, 0.1) is 5.82 Å². The molecule has 1 fully saturated rings. The maximum atomic E-state index is 13.8. The van der Waals surface area contributed by atoms with Gasteiger partial charge in [0.15, 0.2) is 0 Å². The minimum absolute atomic E-state index is 0.0754. The molecule has 5 heteroatoms. The second-order valence-corrected chi connectivity index (χ2v) is 10.4. The standard InChI is InChI=1S/C33H39FN2O2/c1-2-25-13-15-26(16-14-25)19-22-32(37)36(24-28-17-20-29(34)21-18-28)31(23-27-9-5-3-6-10-27)33(38)35-30-11-7-4-8-12-30/h3,5-6,9-10,13-18,20-21,30-31H,2,4,7-8,11-12,19,22-24H2,1H3,(H,35,38). The highest BCUT2D eigenvalue weighted by atomic mass is 19.1. The van der Waals surface area contributed by atoms with Crippen LogP contribution in [0.3, 0.4) is 0 Å². The second kappa shape index (κ2) is 13.9. The molecule has 0 aromatic heterocycles. The highest BCUT2D eigenvalue weighted by Crippen LogP contribution is 2.21. The fourth-order valence-electron chi connectivity index (χ4n) is 5.22. The molecule has 1 N–H and O–H groups in total. The summed E-state index contributed by atoms with van der Waals surface area (Å²) < 4.78 is 13.6. The van der Waals surface area contributed by atoms with Crippen molar-refractivity contribution in [3.05, 3.63) is 107 Å². The molecule has 0 aliphatic heterocycles. The van der Waals surface area contributed by atoms with Crippen LogP contribution in [0.25, 0.3) is 0 Å². The zero-order chi connectivity index (χ0) is 26.7. The van der Waals surface area contributed by atoms with E-state index < -0.39 is 6.04 Å². The summed E-state index contributed by atoms with van der Waals surface area (Å²) in [6.07, 6.45) is 7.69. The van der Waals surface area contributed by atoms with Gasteiger partial charge in [-0.3, -0.25) is 9.59 Å². The van der Waals surface area contributed by atoms with Gasteiger partial charge in [-0.05, 0) is 60.1 Å². The molecule has 0 heterocycles. The number of benzene rings is 3. The lowest BCUT2D eigenvalue weighted by Crippen LogP contribution is -2.52. The Morgan fingerprint density at radius 3 is 2.13 bits per heavy atom. The van der Waals surface area contributed by atoms with E-state index in [9.17, 15) is 14.0 Å². The first-order valence-electron chi connectivity index (χ1n) is 14.0. The molecule has 1 unspecified atom stereocenters. The van der Waals surface area contributed by atoms with Gasteiger partial charge < -0.3 is 10.2 Å². The van der Waals surface area contributed by atoms with Crippen LogP contribution in [-0.2, 0) is 35.4 Å². The van der Waals surface area contributed by atoms with Gasteiger partial charge in [0, 0.05) is 25.4 Å². The summed E-state index contributed by atoms with van der Waals surface area (Å²) in [5.74, 6) is -0.504. The van der Waals surface area contributed by atoms with Gasteiger partial charge in [0.05, 0.1) is 0 Å². The fourth-order valence-corrected chi connectivity index (χ4v) is 5.22. The van der Waals surface area contributed by atoms with E-state index in [0.717, 1.165) is 48.8 Å². The third-order valence-electron chi connectivity index (χ3n) is 7.55. The maximum absolute atomic E-state index is 13.8. The van der Waals surface area contributed by atoms with E-state index in [4.69, 9.17) is 0 Å². The third-order valence-corrected chi connectivity index (χ3v) is 7.55. The molecule has 38 heavy (non-hydrogen) atoms. The van der Waals surface area contributed by atoms with E-state index >= 15 is 0 Å². The summed E-state index contributed by atoms with van der Waals surface area (Å²) >= 11 is 0. The number of hydrogen-bond donors (Lipinski definition) is 1. The summed E-state index contributed by atoms with van der Waals surface area (Å²) in [4.78, 5) is 29.3. The molecule has 1 atom stereocenters. The smallest absolute Gasteiger partial charge is 0.243 e. The lowest BCUT2D eigenvalue weighted by molar-refractivity contribution is -0.141. The minimum atomic E-state index is -0.653. The molecular formula is C33H39FN2O2. The summed E-state index contributed by atoms with van der Waals surface area (Å²) in [6, 6.07) is 23.9. The van der Waals surface area contributed by atoms with Crippen LogP contribution in [0.15, 0.2) is 78.9 Å². The number of aryl methyl sites for hydroxylation is 2. The lowest BCUT2D eigenvalue weighted by atomic mass is 9.94. The van der Waals surface area contributed by atoms with Crippen LogP contribution < -0.4 is 5.32 Å². The van der Waals surface area contributed by atoms with Crippen molar-refractivity contribution >= 4 is 11.8 Å². The molecule has 1 aliphatic rings. The zero-order valence-corrected chi connectivity index (χ0v) is 22.4. The number of carbonyl (C=O) groups is 2. The Bertz CT molecular complexity index is 1160. The van der Waals surface area contributed by atoms with Crippen molar-refractivity contribution in [3.8, 4) is 0 Å². The van der Waals surface area contributed by atoms with Crippen LogP contribution >= 0.6 is 0 Å². The molecule has 0 radical (unpaired) electrons. The van der Waals surface area contributed by atoms with Gasteiger partial charge in [0.1, 0.15) is 11.9 Å². The van der Waals surface area contributed by atoms with E-state index in [-0.39, 0.29) is 30.2 Å². The number of carbonyl (C=O) groups excluding carboxylic acids is 2. The van der Waals surface area contributed by atoms with Crippen LogP contribution in [-0.4, -0.2) is 28.8 Å². The van der Waals surface area contributed by atoms with Crippen molar-refractivity contribution in [2.45, 2.75) is 83.3 Å². The summed E-state index contributed by atoms with van der Waals surface area (Å²) in [5, 5.41) is 3.26. The zero-order valence-electron chi connectivity index (χ0n) is 22.4. The quantitative estimate of drug-likeness (QED) is 0.321. The first-order valence-corrected chi connectivity index (χ1v) is 14.0. The average molecular weight is 515 g/mol. The largest absolute Gasteiger partial charge is 0.352 e. The fraction of sp³-hybridized carbons (Fsp3) is 0.394. The van der Waals surface area contributed by atoms with Crippen molar-refractivity contribution in [3.63, 3.8) is 0 Å². The summed E-state index contributed by atoms with van der Waals surface area (Å²) in [5.41, 5.74) is 4.17. The van der Waals surface area contributed by atoms with Crippen molar-refractivity contribution < 1.29 is 14.0 Å². The molecule has 0 saturated heterocycles. The van der Waals surface area contributed by atoms with E-state index in [2.05, 4.69) is 36.5 Å². The summed E-state index contributed by atoms with van der Waals surface area (Å²) in [6.45, 7) is 2.38. The normalized spacial score (nSPS) is 14.6. The Labute approximate surface area is 226 Å². The Hall–Kier alpha value is -3.47. The molecule has 1 saturated carbocycles. The van der Waals surface area contributed by atoms with Crippen LogP contribution in [0.4, 0.5) is 4.39 Å². The van der Waals surface area contributed by atoms with Gasteiger partial charge in [-0.25, -0.2) is 4.39 Å². The van der Waals surface area contributed by atoms with Gasteiger partial charge in [0.25, 0.3) is 0 Å². The van der Waals surface area contributed by atoms with Gasteiger partial charge in [-0.15, -0.1) is 0 Å². The molecule has 1 aliphatic carbocycles. The first kappa shape index (κ1) is 27.6. The average Bonchev–Trinajstić information content (AvgIpc) is 2.96. The number of nitrogens with zero attached hydrogens (tertiary/aromatic N) is 1. The maximum Gasteiger partial charge on any atom is 0.243 e. The highest BCUT2D eigenvalue weighted by Gasteiger charge is 2.31. The van der Waals surface area contributed by atoms with Crippen molar-refractivity contribution in [1.29, 1.82) is 0 Å². The Morgan fingerprint density at radius 2 is 1.47 bits per heavy atom. The molecule has 2 amide bonds. The lowest BCUT2D eigenvalue weighted by Gasteiger charge is -2.33. The molecule has 0 bridgehead atoms. The highest BCUT2D eigenvalue weighted by molar-refractivity contribution is 5.88. The Morgan fingerprint density at radius 1 is 0.842 bits per heavy atom. The molecule has 4 nitrogen and oxygen atoms in total. The van der Waals surface area contributed by atoms with Gasteiger partial charge >= 0.3 is 0 Å². The van der Waals surface area contributed by atoms with E-state index in [1.165, 1.54) is 24.1 Å². The van der Waals surface area contributed by atoms with E-state index in [0.29, 0.717) is 19.3 Å². The van der Waals surface area contributed by atoms with Gasteiger partial charge in [0.2, 0.25) is 11.8 Å². The van der Waals surface area contributed by atoms with Crippen molar-refractivity contribution in [1.82, 2.24) is 10.2 Å². The summed E-state index contributed by atoms with van der Waals surface area (Å²) in [7, 11) is 0. The molecular weight excluding hydrogens is 475 g/mol. The Balaban J connectivity index is 1.58. The molecule has 3 aromatic rings. The number of nitrogens with one attached hydrogen (secondary N) is 1.